The lowest BCUT2D eigenvalue weighted by Gasteiger charge is -2.35. The number of sulfonamides is 1. The Balaban J connectivity index is 1.75. The molecule has 1 saturated heterocycles. The lowest BCUT2D eigenvalue weighted by atomic mass is 9.83. The van der Waals surface area contributed by atoms with Crippen LogP contribution in [0.5, 0.6) is 0 Å². The summed E-state index contributed by atoms with van der Waals surface area (Å²) in [5.74, 6) is 0.674. The van der Waals surface area contributed by atoms with Gasteiger partial charge in [0.1, 0.15) is 5.02 Å². The Hall–Kier alpha value is -1.22. The molecule has 9 heteroatoms. The standard InChI is InChI=1S/C17H18BrClN2O4S/c18-15-4-2-1-3-14(15)12-7-9-20(10-8-12)26(24,25)13-5-6-16(19)17(11-13)21(22)23/h1,3-6,11-12,14H,2,7-10H2. The third kappa shape index (κ3) is 3.88. The van der Waals surface area contributed by atoms with E-state index in [4.69, 9.17) is 11.6 Å². The fourth-order valence-corrected chi connectivity index (χ4v) is 5.82. The minimum Gasteiger partial charge on any atom is -0.258 e. The summed E-state index contributed by atoms with van der Waals surface area (Å²) in [5.41, 5.74) is -0.399. The molecule has 3 rings (SSSR count). The van der Waals surface area contributed by atoms with Crippen LogP contribution in [-0.4, -0.2) is 30.7 Å². The maximum Gasteiger partial charge on any atom is 0.289 e. The van der Waals surface area contributed by atoms with Crippen LogP contribution in [0.4, 0.5) is 5.69 Å². The van der Waals surface area contributed by atoms with Gasteiger partial charge in [-0.2, -0.15) is 4.31 Å². The maximum absolute atomic E-state index is 12.8. The molecule has 0 spiro atoms. The summed E-state index contributed by atoms with van der Waals surface area (Å²) in [6, 6.07) is 3.61. The molecule has 0 aromatic heterocycles. The molecule has 2 aliphatic rings. The van der Waals surface area contributed by atoms with Gasteiger partial charge in [0.15, 0.2) is 0 Å². The molecule has 1 aromatic carbocycles. The van der Waals surface area contributed by atoms with Crippen LogP contribution >= 0.6 is 27.5 Å². The van der Waals surface area contributed by atoms with E-state index in [9.17, 15) is 18.5 Å². The van der Waals surface area contributed by atoms with Crippen LogP contribution in [0, 0.1) is 22.0 Å². The highest BCUT2D eigenvalue weighted by Gasteiger charge is 2.33. The molecule has 0 N–H and O–H groups in total. The second kappa shape index (κ2) is 7.80. The van der Waals surface area contributed by atoms with Crippen molar-refractivity contribution in [1.82, 2.24) is 4.31 Å². The van der Waals surface area contributed by atoms with Crippen LogP contribution in [0.1, 0.15) is 19.3 Å². The molecule has 1 aliphatic carbocycles. The van der Waals surface area contributed by atoms with Crippen LogP contribution in [0.3, 0.4) is 0 Å². The minimum absolute atomic E-state index is 0.0756. The first-order chi connectivity index (χ1) is 12.3. The summed E-state index contributed by atoms with van der Waals surface area (Å²) >= 11 is 9.39. The largest absolute Gasteiger partial charge is 0.289 e. The predicted octanol–water partition coefficient (Wildman–Crippen LogP) is 4.50. The number of nitro benzene ring substituents is 1. The van der Waals surface area contributed by atoms with Crippen molar-refractivity contribution in [2.75, 3.05) is 13.1 Å². The zero-order valence-electron chi connectivity index (χ0n) is 13.8. The Bertz CT molecular complexity index is 877. The van der Waals surface area contributed by atoms with Gasteiger partial charge in [-0.1, -0.05) is 45.8 Å². The van der Waals surface area contributed by atoms with Gasteiger partial charge in [-0.3, -0.25) is 10.1 Å². The zero-order valence-corrected chi connectivity index (χ0v) is 17.0. The zero-order chi connectivity index (χ0) is 18.9. The Morgan fingerprint density at radius 2 is 1.96 bits per heavy atom. The van der Waals surface area contributed by atoms with E-state index in [1.807, 2.05) is 0 Å². The van der Waals surface area contributed by atoms with Gasteiger partial charge in [-0.05, 0) is 41.8 Å². The van der Waals surface area contributed by atoms with Gasteiger partial charge < -0.3 is 0 Å². The van der Waals surface area contributed by atoms with Crippen molar-refractivity contribution in [1.29, 1.82) is 0 Å². The molecule has 0 radical (unpaired) electrons. The summed E-state index contributed by atoms with van der Waals surface area (Å²) in [4.78, 5) is 10.3. The fraction of sp³-hybridized carbons (Fsp3) is 0.412. The van der Waals surface area contributed by atoms with E-state index >= 15 is 0 Å². The van der Waals surface area contributed by atoms with Gasteiger partial charge in [0.05, 0.1) is 9.82 Å². The van der Waals surface area contributed by atoms with Crippen molar-refractivity contribution in [2.24, 2.45) is 11.8 Å². The van der Waals surface area contributed by atoms with E-state index in [1.165, 1.54) is 16.4 Å². The third-order valence-corrected chi connectivity index (χ3v) is 7.94. The van der Waals surface area contributed by atoms with Crippen molar-refractivity contribution in [3.8, 4) is 0 Å². The summed E-state index contributed by atoms with van der Waals surface area (Å²) in [5, 5.41) is 10.9. The summed E-state index contributed by atoms with van der Waals surface area (Å²) < 4.78 is 28.3. The van der Waals surface area contributed by atoms with Crippen LogP contribution in [0.25, 0.3) is 0 Å². The van der Waals surface area contributed by atoms with Gasteiger partial charge in [0, 0.05) is 25.1 Å². The molecular weight excluding hydrogens is 444 g/mol. The Labute approximate surface area is 165 Å². The fourth-order valence-electron chi connectivity index (χ4n) is 3.43. The maximum atomic E-state index is 12.8. The number of benzene rings is 1. The number of rotatable bonds is 4. The first kappa shape index (κ1) is 19.5. The van der Waals surface area contributed by atoms with Gasteiger partial charge in [0.2, 0.25) is 10.0 Å². The van der Waals surface area contributed by atoms with Gasteiger partial charge in [-0.25, -0.2) is 8.42 Å². The van der Waals surface area contributed by atoms with Crippen LogP contribution < -0.4 is 0 Å². The summed E-state index contributed by atoms with van der Waals surface area (Å²) in [6.07, 6.45) is 8.85. The molecule has 1 heterocycles. The molecular formula is C17H18BrClN2O4S. The third-order valence-electron chi connectivity index (χ3n) is 4.87. The summed E-state index contributed by atoms with van der Waals surface area (Å²) in [7, 11) is -3.78. The Morgan fingerprint density at radius 3 is 2.58 bits per heavy atom. The first-order valence-electron chi connectivity index (χ1n) is 8.27. The topological polar surface area (TPSA) is 80.5 Å². The van der Waals surface area contributed by atoms with E-state index in [0.29, 0.717) is 24.9 Å². The monoisotopic (exact) mass is 460 g/mol. The molecule has 1 aromatic rings. The lowest BCUT2D eigenvalue weighted by molar-refractivity contribution is -0.384. The number of piperidine rings is 1. The second-order valence-corrected chi connectivity index (χ2v) is 9.65. The summed E-state index contributed by atoms with van der Waals surface area (Å²) in [6.45, 7) is 0.794. The number of halogens is 2. The van der Waals surface area contributed by atoms with E-state index < -0.39 is 20.6 Å². The Morgan fingerprint density at radius 1 is 1.27 bits per heavy atom. The highest BCUT2D eigenvalue weighted by atomic mass is 79.9. The normalized spacial score (nSPS) is 22.2. The molecule has 1 unspecified atom stereocenters. The molecule has 140 valence electrons. The molecule has 6 nitrogen and oxygen atoms in total. The molecule has 0 bridgehead atoms. The highest BCUT2D eigenvalue weighted by Crippen LogP contribution is 2.37. The predicted molar refractivity (Wildman–Crippen MR) is 104 cm³/mol. The lowest BCUT2D eigenvalue weighted by Crippen LogP contribution is -2.40. The molecule has 1 fully saturated rings. The van der Waals surface area contributed by atoms with Crippen molar-refractivity contribution in [3.63, 3.8) is 0 Å². The Kier molecular flexibility index (Phi) is 5.86. The first-order valence-corrected chi connectivity index (χ1v) is 10.9. The number of allylic oxidation sites excluding steroid dienone is 4. The second-order valence-electron chi connectivity index (χ2n) is 6.39. The molecule has 1 atom stereocenters. The molecule has 1 aliphatic heterocycles. The minimum atomic E-state index is -3.78. The quantitative estimate of drug-likeness (QED) is 0.375. The van der Waals surface area contributed by atoms with Crippen LogP contribution in [-0.2, 0) is 10.0 Å². The average molecular weight is 462 g/mol. The number of nitro groups is 1. The van der Waals surface area contributed by atoms with Crippen LogP contribution in [0.15, 0.2) is 45.8 Å². The molecule has 0 saturated carbocycles. The van der Waals surface area contributed by atoms with Crippen molar-refractivity contribution in [2.45, 2.75) is 24.2 Å². The molecule has 26 heavy (non-hydrogen) atoms. The van der Waals surface area contributed by atoms with Gasteiger partial charge in [-0.15, -0.1) is 0 Å². The number of hydrogen-bond acceptors (Lipinski definition) is 4. The van der Waals surface area contributed by atoms with Gasteiger partial charge in [0.25, 0.3) is 5.69 Å². The van der Waals surface area contributed by atoms with E-state index in [0.717, 1.165) is 29.8 Å². The average Bonchev–Trinajstić information content (AvgIpc) is 2.62. The van der Waals surface area contributed by atoms with E-state index in [-0.39, 0.29) is 9.92 Å². The van der Waals surface area contributed by atoms with Crippen LogP contribution in [0.2, 0.25) is 5.02 Å². The SMILES string of the molecule is O=[N+]([O-])c1cc(S(=O)(=O)N2CCC(C3C=CCC=C3Br)CC2)ccc1Cl. The van der Waals surface area contributed by atoms with E-state index in [1.54, 1.807) is 0 Å². The molecule has 0 amide bonds. The van der Waals surface area contributed by atoms with Gasteiger partial charge >= 0.3 is 0 Å². The number of nitrogens with zero attached hydrogens (tertiary/aromatic N) is 2. The van der Waals surface area contributed by atoms with Crippen molar-refractivity contribution in [3.05, 3.63) is 56.0 Å². The van der Waals surface area contributed by atoms with Crippen molar-refractivity contribution >= 4 is 43.2 Å². The van der Waals surface area contributed by atoms with Crippen molar-refractivity contribution < 1.29 is 13.3 Å². The number of hydrogen-bond donors (Lipinski definition) is 0. The highest BCUT2D eigenvalue weighted by molar-refractivity contribution is 9.11. The van der Waals surface area contributed by atoms with E-state index in [2.05, 4.69) is 34.2 Å². The smallest absolute Gasteiger partial charge is 0.258 e.